The lowest BCUT2D eigenvalue weighted by molar-refractivity contribution is -0.138. The van der Waals surface area contributed by atoms with Gasteiger partial charge in [0.25, 0.3) is 0 Å². The van der Waals surface area contributed by atoms with Crippen LogP contribution in [0, 0.1) is 0 Å². The Morgan fingerprint density at radius 3 is 2.35 bits per heavy atom. The second-order valence-electron chi connectivity index (χ2n) is 5.15. The molecule has 94 valence electrons. The molecular weight excluding hydrogens is 212 g/mol. The summed E-state index contributed by atoms with van der Waals surface area (Å²) in [6.07, 6.45) is 2.11. The topological polar surface area (TPSA) is 37.3 Å². The van der Waals surface area contributed by atoms with E-state index in [1.165, 1.54) is 16.7 Å². The van der Waals surface area contributed by atoms with Crippen molar-refractivity contribution in [3.05, 3.63) is 34.9 Å². The fourth-order valence-corrected chi connectivity index (χ4v) is 2.26. The van der Waals surface area contributed by atoms with Crippen LogP contribution in [0.3, 0.4) is 0 Å². The summed E-state index contributed by atoms with van der Waals surface area (Å²) >= 11 is 0. The van der Waals surface area contributed by atoms with Gasteiger partial charge in [-0.05, 0) is 29.5 Å². The molecule has 0 aromatic heterocycles. The summed E-state index contributed by atoms with van der Waals surface area (Å²) in [7, 11) is 0. The molecule has 2 heteroatoms. The van der Waals surface area contributed by atoms with Gasteiger partial charge in [-0.2, -0.15) is 0 Å². The highest BCUT2D eigenvalue weighted by Gasteiger charge is 2.26. The van der Waals surface area contributed by atoms with Crippen molar-refractivity contribution >= 4 is 5.97 Å². The van der Waals surface area contributed by atoms with Crippen molar-refractivity contribution in [1.82, 2.24) is 0 Å². The van der Waals surface area contributed by atoms with E-state index in [1.807, 2.05) is 13.8 Å². The number of carboxylic acid groups (broad SMARTS) is 1. The highest BCUT2D eigenvalue weighted by Crippen LogP contribution is 2.31. The van der Waals surface area contributed by atoms with E-state index in [0.717, 1.165) is 12.8 Å². The maximum absolute atomic E-state index is 10.9. The van der Waals surface area contributed by atoms with Gasteiger partial charge in [0.2, 0.25) is 0 Å². The maximum Gasteiger partial charge on any atom is 0.304 e. The van der Waals surface area contributed by atoms with E-state index in [2.05, 4.69) is 32.0 Å². The van der Waals surface area contributed by atoms with E-state index in [4.69, 9.17) is 5.11 Å². The lowest BCUT2D eigenvalue weighted by atomic mass is 9.78. The summed E-state index contributed by atoms with van der Waals surface area (Å²) < 4.78 is 0. The molecule has 0 fully saturated rings. The van der Waals surface area contributed by atoms with Gasteiger partial charge in [-0.1, -0.05) is 45.9 Å². The van der Waals surface area contributed by atoms with E-state index in [-0.39, 0.29) is 11.8 Å². The Kier molecular flexibility index (Phi) is 4.33. The molecule has 0 aliphatic rings. The van der Waals surface area contributed by atoms with Crippen LogP contribution in [0.15, 0.2) is 18.2 Å². The van der Waals surface area contributed by atoms with Crippen LogP contribution in [0.25, 0.3) is 0 Å². The lowest BCUT2D eigenvalue weighted by Crippen LogP contribution is -2.23. The first-order chi connectivity index (χ1) is 7.90. The van der Waals surface area contributed by atoms with Gasteiger partial charge in [0.05, 0.1) is 6.42 Å². The minimum absolute atomic E-state index is 0.174. The van der Waals surface area contributed by atoms with Crippen LogP contribution in [0.1, 0.15) is 50.8 Å². The Morgan fingerprint density at radius 2 is 1.88 bits per heavy atom. The number of carbonyl (C=O) groups is 1. The van der Waals surface area contributed by atoms with Gasteiger partial charge in [0.1, 0.15) is 0 Å². The second kappa shape index (κ2) is 5.35. The van der Waals surface area contributed by atoms with Crippen molar-refractivity contribution in [2.75, 3.05) is 0 Å². The van der Waals surface area contributed by atoms with Gasteiger partial charge in [0, 0.05) is 5.41 Å². The average molecular weight is 234 g/mol. The summed E-state index contributed by atoms with van der Waals surface area (Å²) in [6, 6.07) is 6.44. The van der Waals surface area contributed by atoms with Crippen molar-refractivity contribution in [3.8, 4) is 0 Å². The standard InChI is InChI=1S/C15H22O2/c1-5-11-7-8-12(6-2)13(9-11)15(3,4)10-14(16)17/h7-9H,5-6,10H2,1-4H3,(H,16,17). The predicted octanol–water partition coefficient (Wildman–Crippen LogP) is 3.56. The smallest absolute Gasteiger partial charge is 0.304 e. The van der Waals surface area contributed by atoms with Gasteiger partial charge in [-0.25, -0.2) is 0 Å². The molecule has 17 heavy (non-hydrogen) atoms. The molecule has 1 rings (SSSR count). The number of aliphatic carboxylic acids is 1. The quantitative estimate of drug-likeness (QED) is 0.845. The normalized spacial score (nSPS) is 11.5. The van der Waals surface area contributed by atoms with Crippen LogP contribution in [-0.4, -0.2) is 11.1 Å². The molecule has 0 aliphatic carbocycles. The molecule has 0 atom stereocenters. The first kappa shape index (κ1) is 13.8. The fourth-order valence-electron chi connectivity index (χ4n) is 2.26. The van der Waals surface area contributed by atoms with Gasteiger partial charge < -0.3 is 5.11 Å². The molecule has 2 nitrogen and oxygen atoms in total. The zero-order chi connectivity index (χ0) is 13.1. The van der Waals surface area contributed by atoms with Crippen LogP contribution in [0.4, 0.5) is 0 Å². The average Bonchev–Trinajstić information content (AvgIpc) is 2.26. The molecule has 0 unspecified atom stereocenters. The molecule has 0 amide bonds. The highest BCUT2D eigenvalue weighted by atomic mass is 16.4. The van der Waals surface area contributed by atoms with Gasteiger partial charge in [0.15, 0.2) is 0 Å². The van der Waals surface area contributed by atoms with Crippen molar-refractivity contribution in [3.63, 3.8) is 0 Å². The SMILES string of the molecule is CCc1ccc(CC)c(C(C)(C)CC(=O)O)c1. The van der Waals surface area contributed by atoms with Crippen LogP contribution in [0.5, 0.6) is 0 Å². The number of hydrogen-bond acceptors (Lipinski definition) is 1. The molecule has 0 bridgehead atoms. The largest absolute Gasteiger partial charge is 0.481 e. The number of rotatable bonds is 5. The molecule has 0 heterocycles. The summed E-state index contributed by atoms with van der Waals surface area (Å²) in [4.78, 5) is 10.9. The Labute approximate surface area is 104 Å². The Bertz CT molecular complexity index is 405. The minimum Gasteiger partial charge on any atom is -0.481 e. The number of benzene rings is 1. The molecule has 1 N–H and O–H groups in total. The summed E-state index contributed by atoms with van der Waals surface area (Å²) in [5.74, 6) is -0.737. The highest BCUT2D eigenvalue weighted by molar-refractivity contribution is 5.69. The van der Waals surface area contributed by atoms with Crippen LogP contribution in [-0.2, 0) is 23.1 Å². The lowest BCUT2D eigenvalue weighted by Gasteiger charge is -2.26. The summed E-state index contributed by atoms with van der Waals surface area (Å²) in [6.45, 7) is 8.25. The third kappa shape index (κ3) is 3.32. The van der Waals surface area contributed by atoms with Gasteiger partial charge in [-0.3, -0.25) is 4.79 Å². The Hall–Kier alpha value is -1.31. The zero-order valence-corrected chi connectivity index (χ0v) is 11.2. The van der Waals surface area contributed by atoms with Crippen molar-refractivity contribution in [1.29, 1.82) is 0 Å². The van der Waals surface area contributed by atoms with Crippen molar-refractivity contribution < 1.29 is 9.90 Å². The molecule has 0 spiro atoms. The summed E-state index contributed by atoms with van der Waals surface area (Å²) in [5, 5.41) is 9.00. The molecule has 0 saturated heterocycles. The predicted molar refractivity (Wildman–Crippen MR) is 70.5 cm³/mol. The Morgan fingerprint density at radius 1 is 1.24 bits per heavy atom. The number of aryl methyl sites for hydroxylation is 2. The van der Waals surface area contributed by atoms with E-state index in [9.17, 15) is 4.79 Å². The van der Waals surface area contributed by atoms with E-state index in [0.29, 0.717) is 0 Å². The zero-order valence-electron chi connectivity index (χ0n) is 11.2. The molecule has 1 aromatic carbocycles. The molecule has 0 saturated carbocycles. The summed E-state index contributed by atoms with van der Waals surface area (Å²) in [5.41, 5.74) is 3.41. The van der Waals surface area contributed by atoms with Crippen LogP contribution >= 0.6 is 0 Å². The second-order valence-corrected chi connectivity index (χ2v) is 5.15. The molecule has 0 aliphatic heterocycles. The van der Waals surface area contributed by atoms with E-state index < -0.39 is 5.97 Å². The third-order valence-electron chi connectivity index (χ3n) is 3.29. The third-order valence-corrected chi connectivity index (χ3v) is 3.29. The van der Waals surface area contributed by atoms with Gasteiger partial charge in [-0.15, -0.1) is 0 Å². The first-order valence-electron chi connectivity index (χ1n) is 6.24. The molecule has 0 radical (unpaired) electrons. The maximum atomic E-state index is 10.9. The van der Waals surface area contributed by atoms with E-state index in [1.54, 1.807) is 0 Å². The number of hydrogen-bond donors (Lipinski definition) is 1. The monoisotopic (exact) mass is 234 g/mol. The number of carboxylic acids is 1. The molecular formula is C15H22O2. The van der Waals surface area contributed by atoms with Gasteiger partial charge >= 0.3 is 5.97 Å². The fraction of sp³-hybridized carbons (Fsp3) is 0.533. The van der Waals surface area contributed by atoms with Crippen LogP contribution < -0.4 is 0 Å². The minimum atomic E-state index is -0.737. The molecule has 1 aromatic rings. The Balaban J connectivity index is 3.21. The van der Waals surface area contributed by atoms with Crippen LogP contribution in [0.2, 0.25) is 0 Å². The van der Waals surface area contributed by atoms with E-state index >= 15 is 0 Å². The van der Waals surface area contributed by atoms with Crippen molar-refractivity contribution in [2.45, 2.75) is 52.4 Å². The first-order valence-corrected chi connectivity index (χ1v) is 6.24. The van der Waals surface area contributed by atoms with Crippen molar-refractivity contribution in [2.24, 2.45) is 0 Å².